The standard InChI is InChI=1S/C17H16F2N2/c18-15-8-12(20)9-16(19)14(15)6-3-4-11-10-21-17-7-2-1-5-13(11)17/h1-2,5,7-10,21H,3-4,6,20H2. The van der Waals surface area contributed by atoms with Gasteiger partial charge in [-0.05, 0) is 43.0 Å². The van der Waals surface area contributed by atoms with Gasteiger partial charge in [-0.1, -0.05) is 18.2 Å². The van der Waals surface area contributed by atoms with Crippen LogP contribution in [-0.2, 0) is 12.8 Å². The van der Waals surface area contributed by atoms with Crippen LogP contribution in [0.15, 0.2) is 42.6 Å². The smallest absolute Gasteiger partial charge is 0.131 e. The number of nitrogens with one attached hydrogen (secondary N) is 1. The van der Waals surface area contributed by atoms with Gasteiger partial charge in [-0.3, -0.25) is 0 Å². The van der Waals surface area contributed by atoms with Gasteiger partial charge in [0, 0.05) is 28.4 Å². The molecule has 0 amide bonds. The molecule has 2 aromatic carbocycles. The molecule has 1 aromatic heterocycles. The Labute approximate surface area is 121 Å². The normalized spacial score (nSPS) is 11.1. The molecule has 0 bridgehead atoms. The van der Waals surface area contributed by atoms with Crippen molar-refractivity contribution in [2.75, 3.05) is 5.73 Å². The Bertz CT molecular complexity index is 754. The molecule has 0 saturated heterocycles. The number of aromatic nitrogens is 1. The average Bonchev–Trinajstić information content (AvgIpc) is 2.85. The molecule has 3 rings (SSSR count). The summed E-state index contributed by atoms with van der Waals surface area (Å²) in [6.07, 6.45) is 3.77. The lowest BCUT2D eigenvalue weighted by Gasteiger charge is -2.06. The second-order valence-electron chi connectivity index (χ2n) is 5.18. The largest absolute Gasteiger partial charge is 0.399 e. The number of benzene rings is 2. The molecule has 1 heterocycles. The maximum absolute atomic E-state index is 13.7. The molecule has 0 spiro atoms. The summed E-state index contributed by atoms with van der Waals surface area (Å²) in [4.78, 5) is 3.20. The second-order valence-corrected chi connectivity index (χ2v) is 5.18. The summed E-state index contributed by atoms with van der Waals surface area (Å²) in [6, 6.07) is 10.4. The fourth-order valence-corrected chi connectivity index (χ4v) is 2.66. The van der Waals surface area contributed by atoms with Crippen LogP contribution < -0.4 is 5.73 Å². The minimum atomic E-state index is -0.563. The molecule has 4 heteroatoms. The fourth-order valence-electron chi connectivity index (χ4n) is 2.66. The molecule has 0 aliphatic heterocycles. The van der Waals surface area contributed by atoms with Crippen molar-refractivity contribution in [1.82, 2.24) is 4.98 Å². The first-order chi connectivity index (χ1) is 10.1. The number of para-hydroxylation sites is 1. The summed E-state index contributed by atoms with van der Waals surface area (Å²) in [5.74, 6) is -1.13. The zero-order valence-corrected chi connectivity index (χ0v) is 11.5. The van der Waals surface area contributed by atoms with E-state index in [1.165, 1.54) is 17.7 Å². The SMILES string of the molecule is Nc1cc(F)c(CCCc2c[nH]c3ccccc23)c(F)c1. The van der Waals surface area contributed by atoms with E-state index in [9.17, 15) is 8.78 Å². The highest BCUT2D eigenvalue weighted by Crippen LogP contribution is 2.22. The number of fused-ring (bicyclic) bond motifs is 1. The van der Waals surface area contributed by atoms with Crippen LogP contribution in [0.4, 0.5) is 14.5 Å². The second kappa shape index (κ2) is 5.56. The Hall–Kier alpha value is -2.36. The van der Waals surface area contributed by atoms with Crippen molar-refractivity contribution >= 4 is 16.6 Å². The summed E-state index contributed by atoms with van der Waals surface area (Å²) < 4.78 is 27.4. The van der Waals surface area contributed by atoms with Crippen molar-refractivity contribution in [1.29, 1.82) is 0 Å². The van der Waals surface area contributed by atoms with Gasteiger partial charge in [0.1, 0.15) is 11.6 Å². The maximum Gasteiger partial charge on any atom is 0.131 e. The van der Waals surface area contributed by atoms with Crippen molar-refractivity contribution in [2.45, 2.75) is 19.3 Å². The minimum Gasteiger partial charge on any atom is -0.399 e. The van der Waals surface area contributed by atoms with E-state index in [2.05, 4.69) is 4.98 Å². The van der Waals surface area contributed by atoms with E-state index in [0.29, 0.717) is 12.8 Å². The van der Waals surface area contributed by atoms with Crippen LogP contribution >= 0.6 is 0 Å². The molecule has 21 heavy (non-hydrogen) atoms. The van der Waals surface area contributed by atoms with E-state index in [1.807, 2.05) is 30.5 Å². The minimum absolute atomic E-state index is 0.115. The van der Waals surface area contributed by atoms with Gasteiger partial charge in [0.2, 0.25) is 0 Å². The lowest BCUT2D eigenvalue weighted by molar-refractivity contribution is 0.551. The van der Waals surface area contributed by atoms with Crippen molar-refractivity contribution in [2.24, 2.45) is 0 Å². The third-order valence-corrected chi connectivity index (χ3v) is 3.71. The first-order valence-electron chi connectivity index (χ1n) is 6.93. The topological polar surface area (TPSA) is 41.8 Å². The number of anilines is 1. The Morgan fingerprint density at radius 1 is 1.00 bits per heavy atom. The van der Waals surface area contributed by atoms with Crippen LogP contribution in [0.5, 0.6) is 0 Å². The molecule has 108 valence electrons. The van der Waals surface area contributed by atoms with E-state index in [4.69, 9.17) is 5.73 Å². The lowest BCUT2D eigenvalue weighted by Crippen LogP contribution is -1.99. The third-order valence-electron chi connectivity index (χ3n) is 3.71. The predicted molar refractivity (Wildman–Crippen MR) is 81.1 cm³/mol. The number of rotatable bonds is 4. The molecular formula is C17H16F2N2. The highest BCUT2D eigenvalue weighted by atomic mass is 19.1. The van der Waals surface area contributed by atoms with Crippen LogP contribution in [-0.4, -0.2) is 4.98 Å². The zero-order chi connectivity index (χ0) is 14.8. The molecule has 3 N–H and O–H groups in total. The predicted octanol–water partition coefficient (Wildman–Crippen LogP) is 4.20. The van der Waals surface area contributed by atoms with E-state index in [-0.39, 0.29) is 11.3 Å². The first kappa shape index (κ1) is 13.6. The molecule has 0 aliphatic carbocycles. The number of nitrogens with two attached hydrogens (primary N) is 1. The monoisotopic (exact) mass is 286 g/mol. The summed E-state index contributed by atoms with van der Waals surface area (Å²) in [5.41, 5.74) is 7.89. The van der Waals surface area contributed by atoms with Gasteiger partial charge in [0.05, 0.1) is 0 Å². The summed E-state index contributed by atoms with van der Waals surface area (Å²) in [5, 5.41) is 1.16. The molecule has 2 nitrogen and oxygen atoms in total. The number of nitrogen functional groups attached to an aromatic ring is 1. The van der Waals surface area contributed by atoms with Gasteiger partial charge >= 0.3 is 0 Å². The molecule has 0 aliphatic rings. The quantitative estimate of drug-likeness (QED) is 0.693. The van der Waals surface area contributed by atoms with Gasteiger partial charge in [-0.25, -0.2) is 8.78 Å². The number of H-pyrrole nitrogens is 1. The van der Waals surface area contributed by atoms with Crippen molar-refractivity contribution in [3.8, 4) is 0 Å². The van der Waals surface area contributed by atoms with E-state index < -0.39 is 11.6 Å². The molecule has 0 fully saturated rings. The van der Waals surface area contributed by atoms with Gasteiger partial charge in [0.25, 0.3) is 0 Å². The molecule has 0 radical (unpaired) electrons. The van der Waals surface area contributed by atoms with Crippen molar-refractivity contribution < 1.29 is 8.78 Å². The molecule has 3 aromatic rings. The number of aryl methyl sites for hydroxylation is 1. The molecule has 0 saturated carbocycles. The maximum atomic E-state index is 13.7. The Kier molecular flexibility index (Phi) is 3.60. The first-order valence-corrected chi connectivity index (χ1v) is 6.93. The fraction of sp³-hybridized carbons (Fsp3) is 0.176. The van der Waals surface area contributed by atoms with Gasteiger partial charge in [0.15, 0.2) is 0 Å². The third kappa shape index (κ3) is 2.75. The summed E-state index contributed by atoms with van der Waals surface area (Å²) >= 11 is 0. The van der Waals surface area contributed by atoms with Crippen molar-refractivity contribution in [3.05, 3.63) is 65.4 Å². The molecule has 0 unspecified atom stereocenters. The summed E-state index contributed by atoms with van der Waals surface area (Å²) in [7, 11) is 0. The van der Waals surface area contributed by atoms with Gasteiger partial charge in [-0.15, -0.1) is 0 Å². The average molecular weight is 286 g/mol. The highest BCUT2D eigenvalue weighted by Gasteiger charge is 2.10. The molecular weight excluding hydrogens is 270 g/mol. The Morgan fingerprint density at radius 3 is 2.48 bits per heavy atom. The van der Waals surface area contributed by atoms with Crippen LogP contribution in [0.3, 0.4) is 0 Å². The number of halogens is 2. The lowest BCUT2D eigenvalue weighted by atomic mass is 10.0. The highest BCUT2D eigenvalue weighted by molar-refractivity contribution is 5.82. The zero-order valence-electron chi connectivity index (χ0n) is 11.5. The molecule has 0 atom stereocenters. The Balaban J connectivity index is 1.72. The van der Waals surface area contributed by atoms with Gasteiger partial charge < -0.3 is 10.7 Å². The van der Waals surface area contributed by atoms with Crippen molar-refractivity contribution in [3.63, 3.8) is 0 Å². The summed E-state index contributed by atoms with van der Waals surface area (Å²) in [6.45, 7) is 0. The van der Waals surface area contributed by atoms with Crippen LogP contribution in [0.2, 0.25) is 0 Å². The van der Waals surface area contributed by atoms with E-state index in [0.717, 1.165) is 17.3 Å². The number of aromatic amines is 1. The van der Waals surface area contributed by atoms with E-state index >= 15 is 0 Å². The number of hydrogen-bond donors (Lipinski definition) is 2. The Morgan fingerprint density at radius 2 is 1.71 bits per heavy atom. The van der Waals surface area contributed by atoms with Crippen LogP contribution in [0.1, 0.15) is 17.5 Å². The van der Waals surface area contributed by atoms with E-state index in [1.54, 1.807) is 0 Å². The van der Waals surface area contributed by atoms with Gasteiger partial charge in [-0.2, -0.15) is 0 Å². The number of hydrogen-bond acceptors (Lipinski definition) is 1. The van der Waals surface area contributed by atoms with Crippen LogP contribution in [0.25, 0.3) is 10.9 Å². The van der Waals surface area contributed by atoms with Crippen LogP contribution in [0, 0.1) is 11.6 Å².